The zero-order valence-electron chi connectivity index (χ0n) is 23.5. The summed E-state index contributed by atoms with van der Waals surface area (Å²) in [7, 11) is 3.22. The van der Waals surface area contributed by atoms with Gasteiger partial charge in [0.05, 0.1) is 17.2 Å². The van der Waals surface area contributed by atoms with Gasteiger partial charge in [-0.05, 0) is 82.6 Å². The third-order valence-corrected chi connectivity index (χ3v) is 11.0. The molecule has 0 spiro atoms. The highest BCUT2D eigenvalue weighted by Gasteiger charge is 2.33. The van der Waals surface area contributed by atoms with E-state index in [9.17, 15) is 5.11 Å². The van der Waals surface area contributed by atoms with Crippen molar-refractivity contribution in [3.8, 4) is 5.88 Å². The number of aromatic nitrogens is 4. The van der Waals surface area contributed by atoms with Crippen LogP contribution in [0.2, 0.25) is 25.7 Å². The van der Waals surface area contributed by atoms with Crippen LogP contribution < -0.4 is 4.74 Å². The lowest BCUT2D eigenvalue weighted by atomic mass is 9.92. The summed E-state index contributed by atoms with van der Waals surface area (Å²) >= 11 is 1.76. The fourth-order valence-corrected chi connectivity index (χ4v) is 7.74. The number of nitrogens with zero attached hydrogens (tertiary/aromatic N) is 5. The summed E-state index contributed by atoms with van der Waals surface area (Å²) in [5, 5.41) is 16.8. The minimum absolute atomic E-state index is 0.196. The molecule has 3 aromatic rings. The molecule has 10 heteroatoms. The van der Waals surface area contributed by atoms with Crippen LogP contribution in [-0.4, -0.2) is 70.7 Å². The second kappa shape index (κ2) is 11.7. The Labute approximate surface area is 231 Å². The molecule has 38 heavy (non-hydrogen) atoms. The van der Waals surface area contributed by atoms with Gasteiger partial charge in [0.25, 0.3) is 0 Å². The zero-order chi connectivity index (χ0) is 26.9. The molecular formula is C28H43N5O3SSi. The standard InChI is InChI=1S/C28H43N5O3SSi/c1-32(2)20-7-9-21(10-8-20)36-27-26-25-19(6-11-24(25)37-28(26)30-17-29-27)16-23(34)22-12-13-33(31-22)18-35-14-15-38(3,4)5/h12-13,17,19-21,23,34H,6-11,14-16,18H2,1-5H3/t19-,20-,21+,23?/m1/s1. The smallest absolute Gasteiger partial charge is 0.225 e. The summed E-state index contributed by atoms with van der Waals surface area (Å²) < 4.78 is 14.1. The second-order valence-electron chi connectivity index (χ2n) is 12.4. The fraction of sp³-hybridized carbons (Fsp3) is 0.679. The highest BCUT2D eigenvalue weighted by Crippen LogP contribution is 2.48. The van der Waals surface area contributed by atoms with Crippen molar-refractivity contribution in [1.82, 2.24) is 24.6 Å². The third-order valence-electron chi connectivity index (χ3n) is 8.08. The number of rotatable bonds is 11. The molecule has 3 aromatic heterocycles. The molecule has 8 nitrogen and oxygen atoms in total. The van der Waals surface area contributed by atoms with Crippen LogP contribution in [0.15, 0.2) is 18.6 Å². The van der Waals surface area contributed by atoms with E-state index in [4.69, 9.17) is 9.47 Å². The molecule has 5 rings (SSSR count). The van der Waals surface area contributed by atoms with E-state index in [1.54, 1.807) is 22.3 Å². The van der Waals surface area contributed by atoms with E-state index in [-0.39, 0.29) is 12.0 Å². The first kappa shape index (κ1) is 27.7. The maximum absolute atomic E-state index is 11.1. The molecule has 0 radical (unpaired) electrons. The lowest BCUT2D eigenvalue weighted by molar-refractivity contribution is 0.0765. The van der Waals surface area contributed by atoms with Crippen molar-refractivity contribution in [3.63, 3.8) is 0 Å². The molecule has 208 valence electrons. The van der Waals surface area contributed by atoms with Crippen molar-refractivity contribution in [2.45, 2.75) is 102 Å². The van der Waals surface area contributed by atoms with Gasteiger partial charge in [0.2, 0.25) is 5.88 Å². The minimum Gasteiger partial charge on any atom is -0.474 e. The summed E-state index contributed by atoms with van der Waals surface area (Å²) in [5.74, 6) is 0.964. The number of aliphatic hydroxyl groups is 1. The molecule has 0 amide bonds. The van der Waals surface area contributed by atoms with Gasteiger partial charge >= 0.3 is 0 Å². The molecule has 1 saturated carbocycles. The predicted molar refractivity (Wildman–Crippen MR) is 155 cm³/mol. The number of hydrogen-bond acceptors (Lipinski definition) is 8. The second-order valence-corrected chi connectivity index (χ2v) is 19.1. The predicted octanol–water partition coefficient (Wildman–Crippen LogP) is 5.61. The minimum atomic E-state index is -1.11. The van der Waals surface area contributed by atoms with Gasteiger partial charge in [0.1, 0.15) is 24.0 Å². The van der Waals surface area contributed by atoms with E-state index in [0.29, 0.717) is 24.9 Å². The molecule has 1 unspecified atom stereocenters. The molecule has 2 atom stereocenters. The largest absolute Gasteiger partial charge is 0.474 e. The Balaban J connectivity index is 1.25. The Morgan fingerprint density at radius 2 is 1.95 bits per heavy atom. The van der Waals surface area contributed by atoms with E-state index in [2.05, 4.69) is 53.7 Å². The van der Waals surface area contributed by atoms with Crippen LogP contribution in [0.1, 0.15) is 66.7 Å². The van der Waals surface area contributed by atoms with Crippen molar-refractivity contribution >= 4 is 29.6 Å². The lowest BCUT2D eigenvalue weighted by Crippen LogP contribution is -2.35. The third kappa shape index (κ3) is 6.47. The SMILES string of the molecule is CN(C)[C@H]1CC[C@@H](Oc2ncnc3sc4c(c23)[C@@H](CC(O)c2ccn(COCC[Si](C)(C)C)n2)CC4)CC1. The van der Waals surface area contributed by atoms with Gasteiger partial charge in [-0.2, -0.15) is 5.10 Å². The van der Waals surface area contributed by atoms with Crippen LogP contribution in [-0.2, 0) is 17.9 Å². The van der Waals surface area contributed by atoms with E-state index in [1.807, 2.05) is 12.3 Å². The van der Waals surface area contributed by atoms with Crippen LogP contribution >= 0.6 is 11.3 Å². The quantitative estimate of drug-likeness (QED) is 0.242. The Morgan fingerprint density at radius 3 is 2.68 bits per heavy atom. The average Bonchev–Trinajstić information content (AvgIpc) is 3.58. The molecule has 1 fully saturated rings. The summed E-state index contributed by atoms with van der Waals surface area (Å²) in [4.78, 5) is 13.9. The van der Waals surface area contributed by atoms with Gasteiger partial charge in [0, 0.05) is 31.8 Å². The molecule has 0 saturated heterocycles. The summed E-state index contributed by atoms with van der Waals surface area (Å²) in [6.45, 7) is 8.23. The topological polar surface area (TPSA) is 85.5 Å². The molecule has 2 aliphatic carbocycles. The van der Waals surface area contributed by atoms with Gasteiger partial charge in [-0.1, -0.05) is 19.6 Å². The maximum atomic E-state index is 11.1. The Bertz CT molecular complexity index is 1220. The molecule has 1 N–H and O–H groups in total. The molecule has 0 aliphatic heterocycles. The van der Waals surface area contributed by atoms with Crippen LogP contribution in [0.4, 0.5) is 0 Å². The summed E-state index contributed by atoms with van der Waals surface area (Å²) in [6, 6.07) is 3.68. The van der Waals surface area contributed by atoms with Crippen molar-refractivity contribution in [3.05, 3.63) is 34.7 Å². The maximum Gasteiger partial charge on any atom is 0.225 e. The van der Waals surface area contributed by atoms with E-state index in [1.165, 1.54) is 10.4 Å². The van der Waals surface area contributed by atoms with Crippen molar-refractivity contribution in [2.24, 2.45) is 0 Å². The Kier molecular flexibility index (Phi) is 8.54. The molecule has 0 bridgehead atoms. The van der Waals surface area contributed by atoms with Crippen LogP contribution in [0.3, 0.4) is 0 Å². The van der Waals surface area contributed by atoms with Crippen LogP contribution in [0.5, 0.6) is 5.88 Å². The monoisotopic (exact) mass is 557 g/mol. The molecule has 2 aliphatic rings. The van der Waals surface area contributed by atoms with Gasteiger partial charge in [0.15, 0.2) is 0 Å². The van der Waals surface area contributed by atoms with Crippen molar-refractivity contribution in [1.29, 1.82) is 0 Å². The molecule has 3 heterocycles. The average molecular weight is 558 g/mol. The first-order chi connectivity index (χ1) is 18.2. The van der Waals surface area contributed by atoms with Gasteiger partial charge in [-0.3, -0.25) is 0 Å². The van der Waals surface area contributed by atoms with Crippen LogP contribution in [0, 0.1) is 0 Å². The van der Waals surface area contributed by atoms with Crippen LogP contribution in [0.25, 0.3) is 10.2 Å². The highest BCUT2D eigenvalue weighted by molar-refractivity contribution is 7.19. The zero-order valence-corrected chi connectivity index (χ0v) is 25.3. The van der Waals surface area contributed by atoms with E-state index >= 15 is 0 Å². The number of ether oxygens (including phenoxy) is 2. The van der Waals surface area contributed by atoms with Crippen molar-refractivity contribution < 1.29 is 14.6 Å². The highest BCUT2D eigenvalue weighted by atomic mass is 32.1. The van der Waals surface area contributed by atoms with Gasteiger partial charge in [-0.15, -0.1) is 11.3 Å². The fourth-order valence-electron chi connectivity index (χ4n) is 5.76. The summed E-state index contributed by atoms with van der Waals surface area (Å²) in [5.41, 5.74) is 1.99. The lowest BCUT2D eigenvalue weighted by Gasteiger charge is -2.32. The summed E-state index contributed by atoms with van der Waals surface area (Å²) in [6.07, 6.45) is 10.2. The van der Waals surface area contributed by atoms with E-state index < -0.39 is 14.2 Å². The van der Waals surface area contributed by atoms with Gasteiger partial charge in [-0.25, -0.2) is 14.6 Å². The first-order valence-electron chi connectivity index (χ1n) is 14.1. The Morgan fingerprint density at radius 1 is 1.16 bits per heavy atom. The first-order valence-corrected chi connectivity index (χ1v) is 18.6. The van der Waals surface area contributed by atoms with E-state index in [0.717, 1.165) is 67.3 Å². The number of fused-ring (bicyclic) bond motifs is 3. The number of aliphatic hydroxyl groups excluding tert-OH is 1. The molecule has 0 aromatic carbocycles. The Hall–Kier alpha value is -1.85. The molecular weight excluding hydrogens is 514 g/mol. The number of thiophene rings is 1. The van der Waals surface area contributed by atoms with Gasteiger partial charge < -0.3 is 19.5 Å². The normalized spacial score (nSPS) is 22.8. The number of hydrogen-bond donors (Lipinski definition) is 1. The van der Waals surface area contributed by atoms with Crippen molar-refractivity contribution in [2.75, 3.05) is 20.7 Å². The number of aryl methyl sites for hydroxylation is 1.